The first-order chi connectivity index (χ1) is 11.2. The molecule has 0 saturated heterocycles. The zero-order valence-electron chi connectivity index (χ0n) is 13.1. The van der Waals surface area contributed by atoms with E-state index in [2.05, 4.69) is 5.10 Å². The minimum Gasteiger partial charge on any atom is -0.461 e. The molecule has 1 fully saturated rings. The molecule has 3 aliphatic rings. The molecule has 1 saturated carbocycles. The number of carbonyl (C=O) groups is 1. The Hall–Kier alpha value is -2.17. The minimum atomic E-state index is -0.350. The van der Waals surface area contributed by atoms with Gasteiger partial charge in [0, 0.05) is 11.5 Å². The smallest absolute Gasteiger partial charge is 0.359 e. The lowest BCUT2D eigenvalue weighted by Gasteiger charge is -2.36. The molecule has 120 valence electrons. The first kappa shape index (κ1) is 14.4. The van der Waals surface area contributed by atoms with E-state index in [0.29, 0.717) is 24.1 Å². The average Bonchev–Trinajstić information content (AvgIpc) is 3.00. The van der Waals surface area contributed by atoms with E-state index in [4.69, 9.17) is 4.74 Å². The number of hydrogen-bond acceptors (Lipinski definition) is 3. The van der Waals surface area contributed by atoms with E-state index in [1.54, 1.807) is 19.1 Å². The van der Waals surface area contributed by atoms with E-state index in [0.717, 1.165) is 42.6 Å². The zero-order chi connectivity index (χ0) is 16.0. The molecular weight excluding hydrogens is 295 g/mol. The van der Waals surface area contributed by atoms with Crippen LogP contribution in [0.4, 0.5) is 4.39 Å². The summed E-state index contributed by atoms with van der Waals surface area (Å²) in [5.74, 6) is 0.193. The second-order valence-corrected chi connectivity index (χ2v) is 6.30. The van der Waals surface area contributed by atoms with Gasteiger partial charge < -0.3 is 4.74 Å². The second-order valence-electron chi connectivity index (χ2n) is 6.30. The van der Waals surface area contributed by atoms with Crippen molar-refractivity contribution in [1.29, 1.82) is 0 Å². The summed E-state index contributed by atoms with van der Waals surface area (Å²) in [6.45, 7) is 2.14. The molecule has 0 radical (unpaired) electrons. The van der Waals surface area contributed by atoms with E-state index in [1.807, 2.05) is 4.68 Å². The van der Waals surface area contributed by atoms with Crippen molar-refractivity contribution in [2.75, 3.05) is 6.61 Å². The monoisotopic (exact) mass is 314 g/mol. The number of halogens is 1. The SMILES string of the molecule is CCOC(=O)c1nn(-c2ccc(F)cc2)c2c1C1CCC2CC1. The second kappa shape index (κ2) is 5.48. The van der Waals surface area contributed by atoms with Crippen LogP contribution in [0.3, 0.4) is 0 Å². The highest BCUT2D eigenvalue weighted by Gasteiger charge is 2.40. The predicted molar refractivity (Wildman–Crippen MR) is 83.4 cm³/mol. The number of carbonyl (C=O) groups excluding carboxylic acids is 1. The van der Waals surface area contributed by atoms with Crippen molar-refractivity contribution in [2.45, 2.75) is 44.4 Å². The number of rotatable bonds is 3. The average molecular weight is 314 g/mol. The summed E-state index contributed by atoms with van der Waals surface area (Å²) in [6.07, 6.45) is 4.48. The van der Waals surface area contributed by atoms with Crippen LogP contribution >= 0.6 is 0 Å². The first-order valence-corrected chi connectivity index (χ1v) is 8.25. The van der Waals surface area contributed by atoms with Gasteiger partial charge in [-0.1, -0.05) is 0 Å². The van der Waals surface area contributed by atoms with Crippen LogP contribution < -0.4 is 0 Å². The van der Waals surface area contributed by atoms with Crippen LogP contribution in [0.5, 0.6) is 0 Å². The van der Waals surface area contributed by atoms with Crippen molar-refractivity contribution < 1.29 is 13.9 Å². The van der Waals surface area contributed by atoms with Gasteiger partial charge in [-0.05, 0) is 62.8 Å². The van der Waals surface area contributed by atoms with Crippen LogP contribution in [0.25, 0.3) is 5.69 Å². The Labute approximate surface area is 134 Å². The lowest BCUT2D eigenvalue weighted by atomic mass is 9.69. The fraction of sp³-hybridized carbons (Fsp3) is 0.444. The quantitative estimate of drug-likeness (QED) is 0.806. The van der Waals surface area contributed by atoms with Crippen LogP contribution in [-0.2, 0) is 4.74 Å². The summed E-state index contributed by atoms with van der Waals surface area (Å²) in [5, 5.41) is 4.57. The highest BCUT2D eigenvalue weighted by atomic mass is 19.1. The van der Waals surface area contributed by atoms with E-state index in [-0.39, 0.29) is 11.8 Å². The number of aromatic nitrogens is 2. The molecule has 5 rings (SSSR count). The Kier molecular flexibility index (Phi) is 3.43. The van der Waals surface area contributed by atoms with Gasteiger partial charge in [-0.25, -0.2) is 13.9 Å². The third-order valence-corrected chi connectivity index (χ3v) is 5.02. The molecule has 1 aromatic heterocycles. The molecule has 3 aliphatic carbocycles. The summed E-state index contributed by atoms with van der Waals surface area (Å²) in [7, 11) is 0. The first-order valence-electron chi connectivity index (χ1n) is 8.25. The van der Waals surface area contributed by atoms with Gasteiger partial charge in [0.1, 0.15) is 5.82 Å². The number of nitrogens with zero attached hydrogens (tertiary/aromatic N) is 2. The number of esters is 1. The largest absolute Gasteiger partial charge is 0.461 e. The molecule has 1 heterocycles. The van der Waals surface area contributed by atoms with Crippen molar-refractivity contribution in [3.63, 3.8) is 0 Å². The third kappa shape index (κ3) is 2.26. The summed E-state index contributed by atoms with van der Waals surface area (Å²) >= 11 is 0. The molecule has 23 heavy (non-hydrogen) atoms. The van der Waals surface area contributed by atoms with Gasteiger partial charge in [0.05, 0.1) is 18.0 Å². The van der Waals surface area contributed by atoms with Crippen LogP contribution in [0.15, 0.2) is 24.3 Å². The summed E-state index contributed by atoms with van der Waals surface area (Å²) in [6, 6.07) is 6.27. The lowest BCUT2D eigenvalue weighted by molar-refractivity contribution is 0.0516. The standard InChI is InChI=1S/C18H19FN2O2/c1-2-23-18(22)16-15-11-3-5-12(6-4-11)17(15)21(20-16)14-9-7-13(19)8-10-14/h7-12H,2-6H2,1H3. The van der Waals surface area contributed by atoms with Gasteiger partial charge >= 0.3 is 5.97 Å². The van der Waals surface area contributed by atoms with Crippen molar-refractivity contribution in [2.24, 2.45) is 0 Å². The number of fused-ring (bicyclic) bond motifs is 2. The Morgan fingerprint density at radius 3 is 2.52 bits per heavy atom. The molecule has 2 aromatic rings. The van der Waals surface area contributed by atoms with Crippen LogP contribution in [0.2, 0.25) is 0 Å². The van der Waals surface area contributed by atoms with Crippen LogP contribution in [0, 0.1) is 5.82 Å². The summed E-state index contributed by atoms with van der Waals surface area (Å²) in [5.41, 5.74) is 3.43. The number of hydrogen-bond donors (Lipinski definition) is 0. The Morgan fingerprint density at radius 1 is 1.22 bits per heavy atom. The fourth-order valence-electron chi connectivity index (χ4n) is 4.02. The molecule has 0 unspecified atom stereocenters. The summed E-state index contributed by atoms with van der Waals surface area (Å²) < 4.78 is 20.2. The molecule has 4 nitrogen and oxygen atoms in total. The molecule has 1 aromatic carbocycles. The highest BCUT2D eigenvalue weighted by molar-refractivity contribution is 5.90. The Bertz CT molecular complexity index is 743. The topological polar surface area (TPSA) is 44.1 Å². The summed E-state index contributed by atoms with van der Waals surface area (Å²) in [4.78, 5) is 12.3. The minimum absolute atomic E-state index is 0.276. The van der Waals surface area contributed by atoms with Crippen molar-refractivity contribution >= 4 is 5.97 Å². The van der Waals surface area contributed by atoms with Gasteiger partial charge in [-0.3, -0.25) is 0 Å². The molecule has 5 heteroatoms. The van der Waals surface area contributed by atoms with Crippen LogP contribution in [-0.4, -0.2) is 22.4 Å². The zero-order valence-corrected chi connectivity index (χ0v) is 13.1. The predicted octanol–water partition coefficient (Wildman–Crippen LogP) is 3.94. The van der Waals surface area contributed by atoms with Crippen molar-refractivity contribution in [3.05, 3.63) is 47.0 Å². The van der Waals surface area contributed by atoms with Gasteiger partial charge in [-0.15, -0.1) is 0 Å². The maximum absolute atomic E-state index is 13.2. The maximum atomic E-state index is 13.2. The third-order valence-electron chi connectivity index (χ3n) is 5.02. The van der Waals surface area contributed by atoms with E-state index in [9.17, 15) is 9.18 Å². The van der Waals surface area contributed by atoms with Crippen molar-refractivity contribution in [3.8, 4) is 5.69 Å². The molecule has 0 atom stereocenters. The molecular formula is C18H19FN2O2. The van der Waals surface area contributed by atoms with Gasteiger partial charge in [-0.2, -0.15) is 5.10 Å². The molecule has 0 amide bonds. The van der Waals surface area contributed by atoms with Crippen LogP contribution in [0.1, 0.15) is 66.2 Å². The molecule has 2 bridgehead atoms. The highest BCUT2D eigenvalue weighted by Crippen LogP contribution is 2.51. The van der Waals surface area contributed by atoms with Gasteiger partial charge in [0.2, 0.25) is 0 Å². The van der Waals surface area contributed by atoms with E-state index >= 15 is 0 Å². The van der Waals surface area contributed by atoms with Gasteiger partial charge in [0.15, 0.2) is 5.69 Å². The van der Waals surface area contributed by atoms with E-state index in [1.165, 1.54) is 12.1 Å². The fourth-order valence-corrected chi connectivity index (χ4v) is 4.02. The van der Waals surface area contributed by atoms with E-state index < -0.39 is 0 Å². The Balaban J connectivity index is 1.88. The number of ether oxygens (including phenoxy) is 1. The molecule has 0 aliphatic heterocycles. The number of benzene rings is 1. The normalized spacial score (nSPS) is 22.0. The molecule has 0 N–H and O–H groups in total. The maximum Gasteiger partial charge on any atom is 0.359 e. The van der Waals surface area contributed by atoms with Gasteiger partial charge in [0.25, 0.3) is 0 Å². The molecule has 0 spiro atoms. The van der Waals surface area contributed by atoms with Crippen molar-refractivity contribution in [1.82, 2.24) is 9.78 Å². The lowest BCUT2D eigenvalue weighted by Crippen LogP contribution is -2.24. The Morgan fingerprint density at radius 2 is 1.87 bits per heavy atom.